The summed E-state index contributed by atoms with van der Waals surface area (Å²) >= 11 is 2.59. The predicted octanol–water partition coefficient (Wildman–Crippen LogP) is 3.48. The van der Waals surface area contributed by atoms with Crippen LogP contribution >= 0.6 is 23.1 Å². The van der Waals surface area contributed by atoms with E-state index in [0.29, 0.717) is 16.5 Å². The number of thioether (sulfide) groups is 1. The van der Waals surface area contributed by atoms with Gasteiger partial charge in [0.05, 0.1) is 27.6 Å². The number of aliphatic carboxylic acids is 1. The second-order valence-electron chi connectivity index (χ2n) is 4.49. The van der Waals surface area contributed by atoms with E-state index < -0.39 is 5.97 Å². The number of benzene rings is 1. The van der Waals surface area contributed by atoms with E-state index >= 15 is 0 Å². The molecule has 0 aliphatic rings. The van der Waals surface area contributed by atoms with Crippen molar-refractivity contribution in [3.63, 3.8) is 0 Å². The Labute approximate surface area is 139 Å². The van der Waals surface area contributed by atoms with Gasteiger partial charge < -0.3 is 10.4 Å². The molecule has 0 aliphatic heterocycles. The first-order valence-corrected chi connectivity index (χ1v) is 8.39. The number of nitrogens with zero attached hydrogens (tertiary/aromatic N) is 3. The third kappa shape index (κ3) is 3.59. The molecule has 6 nitrogen and oxygen atoms in total. The molecule has 0 atom stereocenters. The Morgan fingerprint density at radius 3 is 2.78 bits per heavy atom. The van der Waals surface area contributed by atoms with Crippen molar-refractivity contribution in [1.29, 1.82) is 5.26 Å². The number of carbonyl (C=O) groups is 1. The molecule has 1 aromatic carbocycles. The summed E-state index contributed by atoms with van der Waals surface area (Å²) < 4.78 is 0.897. The summed E-state index contributed by atoms with van der Waals surface area (Å²) in [4.78, 5) is 19.5. The van der Waals surface area contributed by atoms with Crippen LogP contribution in [0.4, 0.5) is 11.5 Å². The number of anilines is 2. The van der Waals surface area contributed by atoms with Gasteiger partial charge in [0.1, 0.15) is 0 Å². The summed E-state index contributed by atoms with van der Waals surface area (Å²) in [7, 11) is 0. The van der Waals surface area contributed by atoms with Gasteiger partial charge >= 0.3 is 5.97 Å². The van der Waals surface area contributed by atoms with E-state index in [2.05, 4.69) is 21.4 Å². The molecule has 23 heavy (non-hydrogen) atoms. The highest BCUT2D eigenvalue weighted by atomic mass is 32.2. The number of rotatable bonds is 5. The van der Waals surface area contributed by atoms with E-state index in [1.54, 1.807) is 24.3 Å². The Morgan fingerprint density at radius 1 is 1.30 bits per heavy atom. The van der Waals surface area contributed by atoms with Gasteiger partial charge in [-0.1, -0.05) is 11.8 Å². The molecule has 2 heterocycles. The van der Waals surface area contributed by atoms with Crippen LogP contribution in [0, 0.1) is 11.3 Å². The zero-order chi connectivity index (χ0) is 16.2. The highest BCUT2D eigenvalue weighted by molar-refractivity contribution is 7.99. The van der Waals surface area contributed by atoms with Crippen molar-refractivity contribution >= 4 is 50.8 Å². The molecule has 0 radical (unpaired) electrons. The fourth-order valence-corrected chi connectivity index (χ4v) is 3.23. The van der Waals surface area contributed by atoms with Crippen LogP contribution in [0.3, 0.4) is 0 Å². The summed E-state index contributed by atoms with van der Waals surface area (Å²) in [5.41, 5.74) is 2.15. The van der Waals surface area contributed by atoms with Crippen LogP contribution in [-0.4, -0.2) is 26.8 Å². The van der Waals surface area contributed by atoms with E-state index in [0.717, 1.165) is 27.7 Å². The van der Waals surface area contributed by atoms with Crippen LogP contribution in [-0.2, 0) is 4.79 Å². The molecule has 8 heteroatoms. The summed E-state index contributed by atoms with van der Waals surface area (Å²) in [6.45, 7) is 0. The number of thiophene rings is 1. The molecular weight excluding hydrogens is 332 g/mol. The van der Waals surface area contributed by atoms with Crippen LogP contribution in [0.1, 0.15) is 5.56 Å². The lowest BCUT2D eigenvalue weighted by Gasteiger charge is -2.08. The largest absolute Gasteiger partial charge is 0.481 e. The van der Waals surface area contributed by atoms with Gasteiger partial charge in [-0.3, -0.25) is 4.79 Å². The predicted molar refractivity (Wildman–Crippen MR) is 90.2 cm³/mol. The van der Waals surface area contributed by atoms with Crippen LogP contribution in [0.2, 0.25) is 0 Å². The number of aromatic nitrogens is 2. The van der Waals surface area contributed by atoms with Gasteiger partial charge in [-0.25, -0.2) is 9.97 Å². The molecule has 0 amide bonds. The van der Waals surface area contributed by atoms with Gasteiger partial charge in [0.15, 0.2) is 11.0 Å². The second-order valence-corrected chi connectivity index (χ2v) is 6.34. The maximum absolute atomic E-state index is 10.7. The van der Waals surface area contributed by atoms with E-state index in [1.165, 1.54) is 11.3 Å². The topological polar surface area (TPSA) is 98.9 Å². The van der Waals surface area contributed by atoms with E-state index in [4.69, 9.17) is 10.4 Å². The van der Waals surface area contributed by atoms with Crippen LogP contribution in [0.5, 0.6) is 0 Å². The molecule has 3 rings (SSSR count). The van der Waals surface area contributed by atoms with Crippen molar-refractivity contribution in [3.8, 4) is 6.07 Å². The zero-order valence-electron chi connectivity index (χ0n) is 11.7. The van der Waals surface area contributed by atoms with Gasteiger partial charge in [-0.05, 0) is 35.7 Å². The van der Waals surface area contributed by atoms with Gasteiger partial charge in [0, 0.05) is 5.69 Å². The molecule has 3 aromatic rings. The summed E-state index contributed by atoms with van der Waals surface area (Å²) in [5, 5.41) is 23.1. The Balaban J connectivity index is 1.92. The summed E-state index contributed by atoms with van der Waals surface area (Å²) in [6, 6.07) is 11.0. The van der Waals surface area contributed by atoms with Crippen molar-refractivity contribution in [3.05, 3.63) is 41.3 Å². The first-order chi connectivity index (χ1) is 11.2. The maximum atomic E-state index is 10.7. The number of fused-ring (bicyclic) bond motifs is 1. The molecule has 0 saturated heterocycles. The minimum Gasteiger partial charge on any atom is -0.481 e. The number of hydrogen-bond acceptors (Lipinski definition) is 7. The van der Waals surface area contributed by atoms with Crippen LogP contribution in [0.15, 0.2) is 40.9 Å². The Bertz CT molecular complexity index is 900. The zero-order valence-corrected chi connectivity index (χ0v) is 13.3. The first kappa shape index (κ1) is 15.3. The molecule has 0 saturated carbocycles. The third-order valence-electron chi connectivity index (χ3n) is 2.88. The molecule has 2 aromatic heterocycles. The average Bonchev–Trinajstić information content (AvgIpc) is 3.02. The minimum atomic E-state index is -0.911. The monoisotopic (exact) mass is 342 g/mol. The Hall–Kier alpha value is -2.63. The van der Waals surface area contributed by atoms with E-state index in [1.807, 2.05) is 11.4 Å². The Kier molecular flexibility index (Phi) is 4.41. The summed E-state index contributed by atoms with van der Waals surface area (Å²) in [6.07, 6.45) is 0. The molecule has 114 valence electrons. The number of nitrogens with one attached hydrogen (secondary N) is 1. The minimum absolute atomic E-state index is 0.0913. The van der Waals surface area contributed by atoms with Gasteiger partial charge in [-0.2, -0.15) is 5.26 Å². The van der Waals surface area contributed by atoms with Crippen LogP contribution < -0.4 is 5.32 Å². The number of hydrogen-bond donors (Lipinski definition) is 2. The van der Waals surface area contributed by atoms with Crippen molar-refractivity contribution < 1.29 is 9.90 Å². The molecule has 0 unspecified atom stereocenters. The smallest absolute Gasteiger partial charge is 0.313 e. The fourth-order valence-electron chi connectivity index (χ4n) is 1.88. The van der Waals surface area contributed by atoms with Crippen molar-refractivity contribution in [2.75, 3.05) is 11.1 Å². The molecule has 0 bridgehead atoms. The average molecular weight is 342 g/mol. The van der Waals surface area contributed by atoms with E-state index in [9.17, 15) is 4.79 Å². The first-order valence-electron chi connectivity index (χ1n) is 6.53. The van der Waals surface area contributed by atoms with Crippen LogP contribution in [0.25, 0.3) is 10.2 Å². The summed E-state index contributed by atoms with van der Waals surface area (Å²) in [5.74, 6) is -0.375. The molecule has 0 fully saturated rings. The third-order valence-corrected chi connectivity index (χ3v) is 4.63. The lowest BCUT2D eigenvalue weighted by atomic mass is 10.2. The maximum Gasteiger partial charge on any atom is 0.313 e. The lowest BCUT2D eigenvalue weighted by Crippen LogP contribution is -2.01. The SMILES string of the molecule is N#Cc1ccc(Nc2nc(SCC(=O)O)nc3ccsc23)cc1. The Morgan fingerprint density at radius 2 is 2.09 bits per heavy atom. The lowest BCUT2D eigenvalue weighted by molar-refractivity contribution is -0.133. The molecule has 0 spiro atoms. The number of nitriles is 1. The quantitative estimate of drug-likeness (QED) is 0.541. The number of carboxylic acids is 1. The highest BCUT2D eigenvalue weighted by Gasteiger charge is 2.11. The molecule has 2 N–H and O–H groups in total. The normalized spacial score (nSPS) is 10.4. The van der Waals surface area contributed by atoms with Crippen molar-refractivity contribution in [2.45, 2.75) is 5.16 Å². The number of carboxylic acid groups (broad SMARTS) is 1. The second kappa shape index (κ2) is 6.64. The van der Waals surface area contributed by atoms with Gasteiger partial charge in [-0.15, -0.1) is 11.3 Å². The highest BCUT2D eigenvalue weighted by Crippen LogP contribution is 2.30. The molecular formula is C15H10N4O2S2. The molecule has 0 aliphatic carbocycles. The van der Waals surface area contributed by atoms with Gasteiger partial charge in [0.25, 0.3) is 0 Å². The van der Waals surface area contributed by atoms with Crippen molar-refractivity contribution in [1.82, 2.24) is 9.97 Å². The standard InChI is InChI=1S/C15H10N4O2S2/c16-7-9-1-3-10(4-2-9)17-14-13-11(5-6-22-13)18-15(19-14)23-8-12(20)21/h1-6H,8H2,(H,20,21)(H,17,18,19). The van der Waals surface area contributed by atoms with Crippen molar-refractivity contribution in [2.24, 2.45) is 0 Å². The fraction of sp³-hybridized carbons (Fsp3) is 0.0667. The van der Waals surface area contributed by atoms with E-state index in [-0.39, 0.29) is 5.75 Å². The van der Waals surface area contributed by atoms with Gasteiger partial charge in [0.2, 0.25) is 0 Å².